The number of piperidine rings is 1. The van der Waals surface area contributed by atoms with Gasteiger partial charge in [-0.25, -0.2) is 13.4 Å². The Morgan fingerprint density at radius 1 is 1.17 bits per heavy atom. The predicted octanol–water partition coefficient (Wildman–Crippen LogP) is 3.68. The van der Waals surface area contributed by atoms with Gasteiger partial charge in [0.05, 0.1) is 11.4 Å². The molecule has 0 bridgehead atoms. The maximum absolute atomic E-state index is 12.9. The van der Waals surface area contributed by atoms with Gasteiger partial charge in [-0.2, -0.15) is 16.1 Å². The number of nitrogens with one attached hydrogen (secondary N) is 2. The minimum Gasteiger partial charge on any atom is -0.357 e. The largest absolute Gasteiger partial charge is 0.357 e. The summed E-state index contributed by atoms with van der Waals surface area (Å²) >= 11 is 1.87. The van der Waals surface area contributed by atoms with Crippen molar-refractivity contribution in [2.75, 3.05) is 38.2 Å². The van der Waals surface area contributed by atoms with Crippen LogP contribution in [0.25, 0.3) is 0 Å². The normalized spacial score (nSPS) is 15.6. The van der Waals surface area contributed by atoms with Crippen LogP contribution in [-0.4, -0.2) is 56.9 Å². The lowest BCUT2D eigenvalue weighted by Crippen LogP contribution is -2.37. The first-order valence-electron chi connectivity index (χ1n) is 10.2. The Hall–Kier alpha value is -0.520. The van der Waals surface area contributed by atoms with Gasteiger partial charge < -0.3 is 10.6 Å². The van der Waals surface area contributed by atoms with E-state index in [0.717, 1.165) is 50.3 Å². The van der Waals surface area contributed by atoms with Crippen molar-refractivity contribution in [3.05, 3.63) is 29.8 Å². The van der Waals surface area contributed by atoms with Gasteiger partial charge >= 0.3 is 0 Å². The second-order valence-electron chi connectivity index (χ2n) is 6.93. The van der Waals surface area contributed by atoms with E-state index in [0.29, 0.717) is 24.5 Å². The Balaban J connectivity index is 0.00000420. The number of sulfonamides is 1. The molecule has 1 aliphatic rings. The van der Waals surface area contributed by atoms with Gasteiger partial charge in [0.1, 0.15) is 0 Å². The standard InChI is InChI=1S/C20H34N4O2S2.HI/c1-3-21-20(22-12-5-8-15-27-2)23-17-18-10-9-11-19(16-18)28(25,26)24-13-6-4-7-14-24;/h9-11,16H,3-8,12-15,17H2,1-2H3,(H2,21,22,23);1H. The van der Waals surface area contributed by atoms with Crippen LogP contribution in [0.1, 0.15) is 44.6 Å². The summed E-state index contributed by atoms with van der Waals surface area (Å²) in [7, 11) is -3.40. The van der Waals surface area contributed by atoms with E-state index >= 15 is 0 Å². The van der Waals surface area contributed by atoms with E-state index in [-0.39, 0.29) is 24.0 Å². The number of halogens is 1. The summed E-state index contributed by atoms with van der Waals surface area (Å²) in [4.78, 5) is 4.99. The zero-order valence-electron chi connectivity index (χ0n) is 17.5. The first-order chi connectivity index (χ1) is 13.6. The van der Waals surface area contributed by atoms with Gasteiger partial charge in [0, 0.05) is 26.2 Å². The highest BCUT2D eigenvalue weighted by Gasteiger charge is 2.25. The van der Waals surface area contributed by atoms with Gasteiger partial charge in [0.25, 0.3) is 0 Å². The SMILES string of the molecule is CCNC(=NCc1cccc(S(=O)(=O)N2CCCCC2)c1)NCCCCSC.I. The number of hydrogen-bond donors (Lipinski definition) is 2. The molecule has 166 valence electrons. The number of guanidine groups is 1. The molecule has 1 saturated heterocycles. The summed E-state index contributed by atoms with van der Waals surface area (Å²) in [6.45, 7) is 5.40. The first kappa shape index (κ1) is 26.5. The van der Waals surface area contributed by atoms with Crippen molar-refractivity contribution in [1.82, 2.24) is 14.9 Å². The van der Waals surface area contributed by atoms with Gasteiger partial charge in [-0.3, -0.25) is 0 Å². The molecule has 29 heavy (non-hydrogen) atoms. The smallest absolute Gasteiger partial charge is 0.243 e. The Kier molecular flexibility index (Phi) is 13.2. The minimum absolute atomic E-state index is 0. The zero-order valence-corrected chi connectivity index (χ0v) is 21.5. The quantitative estimate of drug-likeness (QED) is 0.200. The van der Waals surface area contributed by atoms with Crippen LogP contribution < -0.4 is 10.6 Å². The van der Waals surface area contributed by atoms with Gasteiger partial charge in [0.2, 0.25) is 10.0 Å². The number of nitrogens with zero attached hydrogens (tertiary/aromatic N) is 2. The third-order valence-corrected chi connectivity index (χ3v) is 7.27. The topological polar surface area (TPSA) is 73.8 Å². The van der Waals surface area contributed by atoms with E-state index in [2.05, 4.69) is 21.9 Å². The highest BCUT2D eigenvalue weighted by molar-refractivity contribution is 14.0. The van der Waals surface area contributed by atoms with Gasteiger partial charge in [-0.15, -0.1) is 24.0 Å². The van der Waals surface area contributed by atoms with Crippen LogP contribution in [0, 0.1) is 0 Å². The molecule has 0 aromatic heterocycles. The molecule has 2 rings (SSSR count). The Labute approximate surface area is 197 Å². The van der Waals surface area contributed by atoms with E-state index in [1.807, 2.05) is 30.8 Å². The van der Waals surface area contributed by atoms with Crippen molar-refractivity contribution in [3.63, 3.8) is 0 Å². The summed E-state index contributed by atoms with van der Waals surface area (Å²) in [5.41, 5.74) is 0.901. The average Bonchev–Trinajstić information content (AvgIpc) is 2.72. The van der Waals surface area contributed by atoms with E-state index in [4.69, 9.17) is 0 Å². The number of aliphatic imine (C=N–C) groups is 1. The maximum atomic E-state index is 12.9. The fraction of sp³-hybridized carbons (Fsp3) is 0.650. The van der Waals surface area contributed by atoms with E-state index in [1.54, 1.807) is 16.4 Å². The van der Waals surface area contributed by atoms with E-state index in [9.17, 15) is 8.42 Å². The first-order valence-corrected chi connectivity index (χ1v) is 13.0. The van der Waals surface area contributed by atoms with Crippen molar-refractivity contribution >= 4 is 51.7 Å². The average molecular weight is 555 g/mol. The number of thioether (sulfide) groups is 1. The van der Waals surface area contributed by atoms with E-state index < -0.39 is 10.0 Å². The van der Waals surface area contributed by atoms with Crippen molar-refractivity contribution in [2.45, 2.75) is 50.5 Å². The molecule has 0 amide bonds. The second kappa shape index (κ2) is 14.5. The minimum atomic E-state index is -3.40. The fourth-order valence-corrected chi connectivity index (χ4v) is 5.23. The van der Waals surface area contributed by atoms with Gasteiger partial charge in [-0.1, -0.05) is 18.6 Å². The van der Waals surface area contributed by atoms with Crippen molar-refractivity contribution < 1.29 is 8.42 Å². The molecule has 9 heteroatoms. The van der Waals surface area contributed by atoms with Crippen molar-refractivity contribution in [3.8, 4) is 0 Å². The molecule has 6 nitrogen and oxygen atoms in total. The van der Waals surface area contributed by atoms with Crippen LogP contribution in [0.4, 0.5) is 0 Å². The molecule has 1 fully saturated rings. The van der Waals surface area contributed by atoms with Crippen LogP contribution in [0.15, 0.2) is 34.2 Å². The molecule has 1 heterocycles. The maximum Gasteiger partial charge on any atom is 0.243 e. The lowest BCUT2D eigenvalue weighted by atomic mass is 10.2. The Morgan fingerprint density at radius 3 is 2.62 bits per heavy atom. The van der Waals surface area contributed by atoms with Crippen LogP contribution in [0.3, 0.4) is 0 Å². The molecular formula is C20H35IN4O2S2. The van der Waals surface area contributed by atoms with Crippen molar-refractivity contribution in [2.24, 2.45) is 4.99 Å². The number of unbranched alkanes of at least 4 members (excludes halogenated alkanes) is 1. The molecule has 1 aromatic rings. The molecule has 1 aliphatic heterocycles. The molecule has 2 N–H and O–H groups in total. The van der Waals surface area contributed by atoms with Crippen LogP contribution >= 0.6 is 35.7 Å². The molecule has 0 atom stereocenters. The highest BCUT2D eigenvalue weighted by Crippen LogP contribution is 2.21. The molecule has 1 aromatic carbocycles. The van der Waals surface area contributed by atoms with Gasteiger partial charge in [0.15, 0.2) is 5.96 Å². The Morgan fingerprint density at radius 2 is 1.93 bits per heavy atom. The molecule has 0 aliphatic carbocycles. The lowest BCUT2D eigenvalue weighted by molar-refractivity contribution is 0.346. The van der Waals surface area contributed by atoms with Gasteiger partial charge in [-0.05, 0) is 62.3 Å². The number of benzene rings is 1. The highest BCUT2D eigenvalue weighted by atomic mass is 127. The zero-order chi connectivity index (χ0) is 20.2. The molecule has 0 saturated carbocycles. The fourth-order valence-electron chi connectivity index (χ4n) is 3.15. The second-order valence-corrected chi connectivity index (χ2v) is 9.86. The molecule has 0 spiro atoms. The molecular weight excluding hydrogens is 519 g/mol. The van der Waals surface area contributed by atoms with Crippen LogP contribution in [0.2, 0.25) is 0 Å². The number of hydrogen-bond acceptors (Lipinski definition) is 4. The van der Waals surface area contributed by atoms with E-state index in [1.165, 1.54) is 12.2 Å². The Bertz CT molecular complexity index is 723. The number of rotatable bonds is 10. The van der Waals surface area contributed by atoms with Crippen molar-refractivity contribution in [1.29, 1.82) is 0 Å². The summed E-state index contributed by atoms with van der Waals surface area (Å²) < 4.78 is 27.4. The summed E-state index contributed by atoms with van der Waals surface area (Å²) in [6.07, 6.45) is 7.41. The third-order valence-electron chi connectivity index (χ3n) is 4.68. The molecule has 0 radical (unpaired) electrons. The summed E-state index contributed by atoms with van der Waals surface area (Å²) in [5.74, 6) is 1.95. The van der Waals surface area contributed by atoms with Crippen LogP contribution in [-0.2, 0) is 16.6 Å². The lowest BCUT2D eigenvalue weighted by Gasteiger charge is -2.26. The van der Waals surface area contributed by atoms with Crippen LogP contribution in [0.5, 0.6) is 0 Å². The molecule has 0 unspecified atom stereocenters. The summed E-state index contributed by atoms with van der Waals surface area (Å²) in [6, 6.07) is 7.19. The monoisotopic (exact) mass is 554 g/mol. The predicted molar refractivity (Wildman–Crippen MR) is 135 cm³/mol. The summed E-state index contributed by atoms with van der Waals surface area (Å²) in [5, 5.41) is 6.60. The third kappa shape index (κ3) is 9.02.